The van der Waals surface area contributed by atoms with Crippen LogP contribution in [0.2, 0.25) is 0 Å². The molecule has 0 unspecified atom stereocenters. The molecule has 3 heteroatoms. The Hall–Kier alpha value is -1.77. The number of benzene rings is 4. The molecule has 0 saturated carbocycles. The second-order valence-corrected chi connectivity index (χ2v) is 12.0. The predicted molar refractivity (Wildman–Crippen MR) is 148 cm³/mol. The first kappa shape index (κ1) is 27.5. The van der Waals surface area contributed by atoms with Crippen LogP contribution in [0.1, 0.15) is 12.8 Å². The van der Waals surface area contributed by atoms with Crippen LogP contribution in [-0.4, -0.2) is 12.3 Å². The van der Waals surface area contributed by atoms with E-state index in [0.717, 1.165) is 12.8 Å². The maximum absolute atomic E-state index is 3.99. The van der Waals surface area contributed by atoms with E-state index < -0.39 is 0 Å². The van der Waals surface area contributed by atoms with Gasteiger partial charge in [-0.05, 0) is 37.1 Å². The van der Waals surface area contributed by atoms with E-state index in [1.165, 1.54) is 33.5 Å². The minimum Gasteiger partial charge on any atom is -0.343 e. The van der Waals surface area contributed by atoms with Gasteiger partial charge in [0.25, 0.3) is 0 Å². The molecule has 0 nitrogen and oxygen atoms in total. The molecule has 0 aliphatic rings. The summed E-state index contributed by atoms with van der Waals surface area (Å²) in [5.74, 6) is 0. The summed E-state index contributed by atoms with van der Waals surface area (Å²) in [4.78, 5) is 0. The van der Waals surface area contributed by atoms with Crippen molar-refractivity contribution in [2.24, 2.45) is 0 Å². The van der Waals surface area contributed by atoms with Crippen molar-refractivity contribution in [3.8, 4) is 0 Å². The van der Waals surface area contributed by atoms with Crippen LogP contribution in [-0.2, 0) is 16.5 Å². The number of hydrogen-bond donors (Lipinski definition) is 0. The second kappa shape index (κ2) is 16.0. The largest absolute Gasteiger partial charge is 2.00 e. The SMILES string of the molecule is [CH2-]CCP(c1ccccc1)c1ccccc1.[CH2-]CCP(c1ccccc1)c1ccccc1.[Ni+2]. The van der Waals surface area contributed by atoms with Gasteiger partial charge in [-0.25, -0.2) is 0 Å². The summed E-state index contributed by atoms with van der Waals surface area (Å²) in [7, 11) is -0.427. The van der Waals surface area contributed by atoms with E-state index in [4.69, 9.17) is 0 Å². The summed E-state index contributed by atoms with van der Waals surface area (Å²) in [5.41, 5.74) is 0. The summed E-state index contributed by atoms with van der Waals surface area (Å²) in [5, 5.41) is 5.81. The maximum Gasteiger partial charge on any atom is 2.00 e. The normalized spacial score (nSPS) is 10.3. The zero-order valence-electron chi connectivity index (χ0n) is 19.0. The summed E-state index contributed by atoms with van der Waals surface area (Å²) in [6.45, 7) is 7.99. The van der Waals surface area contributed by atoms with Gasteiger partial charge in [-0.2, -0.15) is 12.8 Å². The van der Waals surface area contributed by atoms with Crippen molar-refractivity contribution in [1.82, 2.24) is 0 Å². The smallest absolute Gasteiger partial charge is 0.343 e. The Balaban J connectivity index is 0.000000227. The molecule has 172 valence electrons. The van der Waals surface area contributed by atoms with Gasteiger partial charge in [0.05, 0.1) is 0 Å². The standard InChI is InChI=1S/2C15H16P.Ni/c2*1-2-13-16(14-9-5-3-6-10-14)15-11-7-4-8-12-15;/h2*3-12H,1-2,13H2;/q2*-1;+2. The van der Waals surface area contributed by atoms with E-state index in [2.05, 4.69) is 135 Å². The van der Waals surface area contributed by atoms with Crippen LogP contribution < -0.4 is 21.2 Å². The molecule has 4 aromatic carbocycles. The molecule has 0 radical (unpaired) electrons. The fourth-order valence-electron chi connectivity index (χ4n) is 3.56. The molecule has 0 fully saturated rings. The van der Waals surface area contributed by atoms with Crippen LogP contribution in [0.15, 0.2) is 121 Å². The molecule has 0 atom stereocenters. The van der Waals surface area contributed by atoms with Crippen LogP contribution in [0.5, 0.6) is 0 Å². The van der Waals surface area contributed by atoms with E-state index in [9.17, 15) is 0 Å². The molecule has 4 aromatic rings. The molecule has 0 amide bonds. The van der Waals surface area contributed by atoms with Gasteiger partial charge in [-0.3, -0.25) is 0 Å². The number of rotatable bonds is 8. The molecule has 0 aliphatic carbocycles. The molecule has 33 heavy (non-hydrogen) atoms. The van der Waals surface area contributed by atoms with Crippen LogP contribution in [0.3, 0.4) is 0 Å². The Morgan fingerprint density at radius 3 is 0.788 bits per heavy atom. The Labute approximate surface area is 213 Å². The summed E-state index contributed by atoms with van der Waals surface area (Å²) in [6, 6.07) is 43.1. The molecule has 4 rings (SSSR count). The predicted octanol–water partition coefficient (Wildman–Crippen LogP) is 6.68. The average molecular weight is 513 g/mol. The molecular weight excluding hydrogens is 481 g/mol. The van der Waals surface area contributed by atoms with Crippen LogP contribution in [0.4, 0.5) is 0 Å². The molecule has 0 aliphatic heterocycles. The van der Waals surface area contributed by atoms with E-state index in [1.54, 1.807) is 0 Å². The van der Waals surface area contributed by atoms with Crippen molar-refractivity contribution < 1.29 is 16.5 Å². The Morgan fingerprint density at radius 2 is 0.606 bits per heavy atom. The Kier molecular flexibility index (Phi) is 13.3. The quantitative estimate of drug-likeness (QED) is 0.140. The number of hydrogen-bond acceptors (Lipinski definition) is 0. The average Bonchev–Trinajstić information content (AvgIpc) is 2.88. The van der Waals surface area contributed by atoms with E-state index in [0.29, 0.717) is 0 Å². The van der Waals surface area contributed by atoms with Crippen LogP contribution in [0, 0.1) is 13.8 Å². The van der Waals surface area contributed by atoms with E-state index in [-0.39, 0.29) is 32.3 Å². The summed E-state index contributed by atoms with van der Waals surface area (Å²) < 4.78 is 0. The third-order valence-electron chi connectivity index (χ3n) is 5.03. The van der Waals surface area contributed by atoms with E-state index in [1.807, 2.05) is 0 Å². The third kappa shape index (κ3) is 8.83. The van der Waals surface area contributed by atoms with Crippen molar-refractivity contribution in [3.05, 3.63) is 135 Å². The van der Waals surface area contributed by atoms with Crippen molar-refractivity contribution in [2.45, 2.75) is 12.8 Å². The van der Waals surface area contributed by atoms with Gasteiger partial charge in [-0.1, -0.05) is 134 Å². The molecular formula is C30H32NiP2. The monoisotopic (exact) mass is 512 g/mol. The molecule has 0 heterocycles. The van der Waals surface area contributed by atoms with E-state index >= 15 is 0 Å². The molecule has 0 aromatic heterocycles. The minimum atomic E-state index is -0.213. The third-order valence-corrected chi connectivity index (χ3v) is 10.2. The summed E-state index contributed by atoms with van der Waals surface area (Å²) >= 11 is 0. The zero-order valence-corrected chi connectivity index (χ0v) is 21.8. The van der Waals surface area contributed by atoms with Crippen molar-refractivity contribution >= 4 is 37.1 Å². The van der Waals surface area contributed by atoms with Gasteiger partial charge in [0.1, 0.15) is 0 Å². The van der Waals surface area contributed by atoms with Crippen LogP contribution in [0.25, 0.3) is 0 Å². The van der Waals surface area contributed by atoms with Gasteiger partial charge in [-0.15, -0.1) is 0 Å². The maximum atomic E-state index is 3.99. The fourth-order valence-corrected chi connectivity index (χ4v) is 7.95. The van der Waals surface area contributed by atoms with Gasteiger partial charge in [0.2, 0.25) is 0 Å². The van der Waals surface area contributed by atoms with Crippen LogP contribution >= 0.6 is 15.8 Å². The van der Waals surface area contributed by atoms with Gasteiger partial charge in [0.15, 0.2) is 0 Å². The first-order valence-electron chi connectivity index (χ1n) is 11.2. The topological polar surface area (TPSA) is 0 Å². The van der Waals surface area contributed by atoms with Gasteiger partial charge < -0.3 is 13.8 Å². The first-order valence-corrected chi connectivity index (χ1v) is 14.2. The summed E-state index contributed by atoms with van der Waals surface area (Å²) in [6.07, 6.45) is 4.33. The fraction of sp³-hybridized carbons (Fsp3) is 0.133. The van der Waals surface area contributed by atoms with Crippen molar-refractivity contribution in [1.29, 1.82) is 0 Å². The Morgan fingerprint density at radius 1 is 0.394 bits per heavy atom. The van der Waals surface area contributed by atoms with Crippen molar-refractivity contribution in [2.75, 3.05) is 12.3 Å². The first-order chi connectivity index (χ1) is 15.8. The van der Waals surface area contributed by atoms with Gasteiger partial charge in [0, 0.05) is 0 Å². The van der Waals surface area contributed by atoms with Gasteiger partial charge >= 0.3 is 16.5 Å². The molecule has 0 saturated heterocycles. The van der Waals surface area contributed by atoms with Crippen molar-refractivity contribution in [3.63, 3.8) is 0 Å². The Bertz CT molecular complexity index is 828. The minimum absolute atomic E-state index is 0. The molecule has 0 N–H and O–H groups in total. The zero-order chi connectivity index (χ0) is 22.4. The molecule has 0 bridgehead atoms. The second-order valence-electron chi connectivity index (χ2n) is 7.35. The molecule has 0 spiro atoms.